The smallest absolute Gasteiger partial charge is 0.198 e. The standard InChI is InChI=1S/C6H13F3Si.C6H13NSi/c1-10(2,3)5-4-6(7,8)9;1-8(2,3)6-4-5-7/h4-5H2,1-3H3;4,6H2,1-3H3. The van der Waals surface area contributed by atoms with Crippen molar-refractivity contribution < 1.29 is 13.2 Å². The molecular weight excluding hydrogens is 271 g/mol. The van der Waals surface area contributed by atoms with E-state index in [1.165, 1.54) is 0 Å². The molecule has 0 aliphatic heterocycles. The molecule has 0 aromatic heterocycles. The first-order valence-electron chi connectivity index (χ1n) is 6.20. The van der Waals surface area contributed by atoms with Gasteiger partial charge in [-0.25, -0.2) is 0 Å². The van der Waals surface area contributed by atoms with Crippen molar-refractivity contribution in [1.29, 1.82) is 5.26 Å². The van der Waals surface area contributed by atoms with Crippen molar-refractivity contribution in [3.05, 3.63) is 0 Å². The second kappa shape index (κ2) is 8.00. The highest BCUT2D eigenvalue weighted by Crippen LogP contribution is 2.25. The van der Waals surface area contributed by atoms with Crippen LogP contribution in [0.2, 0.25) is 51.4 Å². The van der Waals surface area contributed by atoms with Crippen LogP contribution in [0, 0.1) is 11.3 Å². The number of hydrogen-bond acceptors (Lipinski definition) is 1. The quantitative estimate of drug-likeness (QED) is 0.627. The maximum atomic E-state index is 11.6. The third-order valence-electron chi connectivity index (χ3n) is 2.15. The van der Waals surface area contributed by atoms with E-state index in [0.717, 1.165) is 12.5 Å². The van der Waals surface area contributed by atoms with E-state index >= 15 is 0 Å². The van der Waals surface area contributed by atoms with Gasteiger partial charge >= 0.3 is 6.18 Å². The van der Waals surface area contributed by atoms with Crippen molar-refractivity contribution in [2.24, 2.45) is 0 Å². The van der Waals surface area contributed by atoms with E-state index in [4.69, 9.17) is 5.26 Å². The lowest BCUT2D eigenvalue weighted by Crippen LogP contribution is -2.22. The van der Waals surface area contributed by atoms with E-state index < -0.39 is 28.7 Å². The van der Waals surface area contributed by atoms with E-state index in [1.54, 1.807) is 0 Å². The average Bonchev–Trinajstić information content (AvgIpc) is 2.09. The molecule has 0 saturated heterocycles. The third kappa shape index (κ3) is 24.8. The molecular formula is C12H26F3NSi2. The van der Waals surface area contributed by atoms with Gasteiger partial charge in [0.1, 0.15) is 0 Å². The van der Waals surface area contributed by atoms with Crippen molar-refractivity contribution in [2.45, 2.75) is 70.4 Å². The largest absolute Gasteiger partial charge is 0.388 e. The van der Waals surface area contributed by atoms with Gasteiger partial charge in [-0.2, -0.15) is 18.4 Å². The third-order valence-corrected chi connectivity index (χ3v) is 5.65. The Morgan fingerprint density at radius 1 is 0.889 bits per heavy atom. The Hall–Kier alpha value is -0.286. The molecule has 0 amide bonds. The Labute approximate surface area is 111 Å². The topological polar surface area (TPSA) is 23.8 Å². The predicted molar refractivity (Wildman–Crippen MR) is 77.2 cm³/mol. The molecule has 0 radical (unpaired) electrons. The molecule has 0 fully saturated rings. The first-order chi connectivity index (χ1) is 7.77. The van der Waals surface area contributed by atoms with Crippen LogP contribution in [0.25, 0.3) is 0 Å². The van der Waals surface area contributed by atoms with Crippen LogP contribution in [0.1, 0.15) is 12.8 Å². The predicted octanol–water partition coefficient (Wildman–Crippen LogP) is 5.52. The summed E-state index contributed by atoms with van der Waals surface area (Å²) >= 11 is 0. The minimum Gasteiger partial charge on any atom is -0.198 e. The van der Waals surface area contributed by atoms with Gasteiger partial charge in [0.25, 0.3) is 0 Å². The number of alkyl halides is 3. The Bertz CT molecular complexity index is 242. The molecule has 0 N–H and O–H groups in total. The molecule has 0 heterocycles. The molecule has 18 heavy (non-hydrogen) atoms. The number of nitriles is 1. The summed E-state index contributed by atoms with van der Waals surface area (Å²) in [5.74, 6) is 0. The van der Waals surface area contributed by atoms with Crippen LogP contribution in [0.3, 0.4) is 0 Å². The SMILES string of the molecule is C[Si](C)(C)CCC#N.C[Si](C)(C)CCC(F)(F)F. The lowest BCUT2D eigenvalue weighted by Gasteiger charge is -2.16. The zero-order valence-electron chi connectivity index (χ0n) is 12.4. The highest BCUT2D eigenvalue weighted by atomic mass is 28.3. The summed E-state index contributed by atoms with van der Waals surface area (Å²) in [6, 6.07) is 3.65. The summed E-state index contributed by atoms with van der Waals surface area (Å²) in [5.41, 5.74) is 0. The lowest BCUT2D eigenvalue weighted by atomic mass is 10.5. The highest BCUT2D eigenvalue weighted by Gasteiger charge is 2.29. The number of rotatable bonds is 4. The Morgan fingerprint density at radius 2 is 1.28 bits per heavy atom. The normalized spacial score (nSPS) is 12.4. The highest BCUT2D eigenvalue weighted by molar-refractivity contribution is 6.76. The van der Waals surface area contributed by atoms with Gasteiger partial charge in [-0.3, -0.25) is 0 Å². The molecule has 0 bridgehead atoms. The average molecular weight is 298 g/mol. The van der Waals surface area contributed by atoms with Crippen LogP contribution in [0.4, 0.5) is 13.2 Å². The molecule has 108 valence electrons. The van der Waals surface area contributed by atoms with E-state index in [1.807, 2.05) is 19.6 Å². The minimum atomic E-state index is -3.96. The second-order valence-corrected chi connectivity index (χ2v) is 18.1. The van der Waals surface area contributed by atoms with Crippen molar-refractivity contribution in [3.8, 4) is 6.07 Å². The molecule has 0 rings (SSSR count). The zero-order valence-corrected chi connectivity index (χ0v) is 14.4. The summed E-state index contributed by atoms with van der Waals surface area (Å²) in [7, 11) is -2.39. The Kier molecular flexibility index (Phi) is 8.91. The first-order valence-corrected chi connectivity index (χ1v) is 13.6. The van der Waals surface area contributed by atoms with Gasteiger partial charge in [0.2, 0.25) is 0 Å². The van der Waals surface area contributed by atoms with Crippen LogP contribution in [-0.2, 0) is 0 Å². The minimum absolute atomic E-state index is 0.344. The van der Waals surface area contributed by atoms with Crippen LogP contribution in [0.15, 0.2) is 0 Å². The van der Waals surface area contributed by atoms with Crippen LogP contribution in [-0.4, -0.2) is 22.3 Å². The molecule has 0 aromatic rings. The number of hydrogen-bond donors (Lipinski definition) is 0. The van der Waals surface area contributed by atoms with Gasteiger partial charge in [-0.15, -0.1) is 0 Å². The fourth-order valence-corrected chi connectivity index (χ4v) is 2.84. The summed E-state index contributed by atoms with van der Waals surface area (Å²) in [6.07, 6.45) is -3.82. The van der Waals surface area contributed by atoms with E-state index in [0.29, 0.717) is 6.04 Å². The summed E-state index contributed by atoms with van der Waals surface area (Å²) in [5, 5.41) is 8.20. The maximum absolute atomic E-state index is 11.6. The van der Waals surface area contributed by atoms with Gasteiger partial charge in [0.15, 0.2) is 0 Å². The van der Waals surface area contributed by atoms with Gasteiger partial charge in [-0.05, 0) is 12.1 Å². The van der Waals surface area contributed by atoms with Crippen molar-refractivity contribution in [2.75, 3.05) is 0 Å². The van der Waals surface area contributed by atoms with Crippen molar-refractivity contribution in [3.63, 3.8) is 0 Å². The number of nitrogens with zero attached hydrogens (tertiary/aromatic N) is 1. The molecule has 0 saturated carbocycles. The molecule has 0 spiro atoms. The molecule has 6 heteroatoms. The molecule has 1 nitrogen and oxygen atoms in total. The van der Waals surface area contributed by atoms with E-state index in [-0.39, 0.29) is 0 Å². The maximum Gasteiger partial charge on any atom is 0.388 e. The van der Waals surface area contributed by atoms with Crippen LogP contribution >= 0.6 is 0 Å². The fourth-order valence-electron chi connectivity index (χ4n) is 0.948. The second-order valence-electron chi connectivity index (χ2n) is 6.89. The molecule has 0 aliphatic carbocycles. The van der Waals surface area contributed by atoms with Crippen LogP contribution < -0.4 is 0 Å². The Balaban J connectivity index is 0. The van der Waals surface area contributed by atoms with Crippen molar-refractivity contribution >= 4 is 16.1 Å². The zero-order chi connectivity index (χ0) is 15.0. The van der Waals surface area contributed by atoms with E-state index in [2.05, 4.69) is 25.7 Å². The number of halogens is 3. The van der Waals surface area contributed by atoms with Gasteiger partial charge in [0.05, 0.1) is 6.07 Å². The molecule has 0 aromatic carbocycles. The van der Waals surface area contributed by atoms with Crippen LogP contribution in [0.5, 0.6) is 0 Å². The van der Waals surface area contributed by atoms with Gasteiger partial charge < -0.3 is 0 Å². The molecule has 0 aliphatic rings. The Morgan fingerprint density at radius 3 is 1.39 bits per heavy atom. The van der Waals surface area contributed by atoms with Gasteiger partial charge in [-0.1, -0.05) is 39.3 Å². The monoisotopic (exact) mass is 297 g/mol. The molecule has 0 unspecified atom stereocenters. The molecule has 0 atom stereocenters. The fraction of sp³-hybridized carbons (Fsp3) is 0.917. The van der Waals surface area contributed by atoms with Crippen molar-refractivity contribution in [1.82, 2.24) is 0 Å². The summed E-state index contributed by atoms with van der Waals surface area (Å²) in [4.78, 5) is 0. The van der Waals surface area contributed by atoms with E-state index in [9.17, 15) is 13.2 Å². The summed E-state index contributed by atoms with van der Waals surface area (Å²) in [6.45, 7) is 12.7. The van der Waals surface area contributed by atoms with Gasteiger partial charge in [0, 0.05) is 29.0 Å². The summed E-state index contributed by atoms with van der Waals surface area (Å²) < 4.78 is 34.8. The lowest BCUT2D eigenvalue weighted by molar-refractivity contribution is -0.130. The first kappa shape index (κ1) is 20.0.